The first-order chi connectivity index (χ1) is 9.82. The SMILES string of the molecule is Cc1cc(C)c(C)c(C(C)Cc2c(C)cccc2C)c1C. The van der Waals surface area contributed by atoms with Gasteiger partial charge in [0.25, 0.3) is 0 Å². The van der Waals surface area contributed by atoms with Gasteiger partial charge in [-0.1, -0.05) is 31.2 Å². The van der Waals surface area contributed by atoms with Crippen molar-refractivity contribution in [2.24, 2.45) is 0 Å². The molecule has 0 saturated carbocycles. The lowest BCUT2D eigenvalue weighted by molar-refractivity contribution is 0.737. The van der Waals surface area contributed by atoms with E-state index in [9.17, 15) is 0 Å². The number of rotatable bonds is 3. The summed E-state index contributed by atoms with van der Waals surface area (Å²) in [5.41, 5.74) is 11.7. The Morgan fingerprint density at radius 1 is 0.762 bits per heavy atom. The van der Waals surface area contributed by atoms with Crippen molar-refractivity contribution in [3.63, 3.8) is 0 Å². The van der Waals surface area contributed by atoms with Crippen molar-refractivity contribution in [2.75, 3.05) is 0 Å². The van der Waals surface area contributed by atoms with Crippen LogP contribution in [0, 0.1) is 41.5 Å². The van der Waals surface area contributed by atoms with Crippen LogP contribution in [0.25, 0.3) is 0 Å². The van der Waals surface area contributed by atoms with Gasteiger partial charge in [0.05, 0.1) is 0 Å². The van der Waals surface area contributed by atoms with Crippen LogP contribution in [0.4, 0.5) is 0 Å². The zero-order valence-electron chi connectivity index (χ0n) is 14.6. The quantitative estimate of drug-likeness (QED) is 0.658. The second kappa shape index (κ2) is 6.05. The molecule has 0 aromatic heterocycles. The molecular formula is C21H28. The van der Waals surface area contributed by atoms with E-state index in [4.69, 9.17) is 0 Å². The number of benzene rings is 2. The first-order valence-electron chi connectivity index (χ1n) is 7.95. The molecule has 0 radical (unpaired) electrons. The molecule has 1 unspecified atom stereocenters. The number of hydrogen-bond donors (Lipinski definition) is 0. The van der Waals surface area contributed by atoms with Gasteiger partial charge in [0, 0.05) is 0 Å². The van der Waals surface area contributed by atoms with Gasteiger partial charge in [-0.05, 0) is 98.4 Å². The van der Waals surface area contributed by atoms with Gasteiger partial charge in [-0.25, -0.2) is 0 Å². The van der Waals surface area contributed by atoms with Crippen molar-refractivity contribution in [1.29, 1.82) is 0 Å². The fourth-order valence-electron chi connectivity index (χ4n) is 3.57. The van der Waals surface area contributed by atoms with Crippen LogP contribution in [0.2, 0.25) is 0 Å². The van der Waals surface area contributed by atoms with Gasteiger partial charge in [0.15, 0.2) is 0 Å². The lowest BCUT2D eigenvalue weighted by Gasteiger charge is -2.22. The molecule has 2 aromatic carbocycles. The summed E-state index contributed by atoms with van der Waals surface area (Å²) in [6.07, 6.45) is 1.13. The Morgan fingerprint density at radius 3 is 1.71 bits per heavy atom. The summed E-state index contributed by atoms with van der Waals surface area (Å²) in [7, 11) is 0. The topological polar surface area (TPSA) is 0 Å². The number of hydrogen-bond acceptors (Lipinski definition) is 0. The number of aryl methyl sites for hydroxylation is 4. The smallest absolute Gasteiger partial charge is 0.0144 e. The van der Waals surface area contributed by atoms with E-state index in [1.54, 1.807) is 5.56 Å². The van der Waals surface area contributed by atoms with Gasteiger partial charge < -0.3 is 0 Å². The van der Waals surface area contributed by atoms with Gasteiger partial charge in [-0.3, -0.25) is 0 Å². The summed E-state index contributed by atoms with van der Waals surface area (Å²) < 4.78 is 0. The minimum Gasteiger partial charge on any atom is -0.0617 e. The molecule has 0 saturated heterocycles. The van der Waals surface area contributed by atoms with E-state index in [0.717, 1.165) is 6.42 Å². The second-order valence-electron chi connectivity index (χ2n) is 6.65. The molecule has 1 atom stereocenters. The Bertz CT molecular complexity index is 616. The second-order valence-corrected chi connectivity index (χ2v) is 6.65. The van der Waals surface area contributed by atoms with E-state index < -0.39 is 0 Å². The van der Waals surface area contributed by atoms with Gasteiger partial charge in [-0.15, -0.1) is 0 Å². The van der Waals surface area contributed by atoms with Crippen LogP contribution in [-0.4, -0.2) is 0 Å². The van der Waals surface area contributed by atoms with Crippen LogP contribution < -0.4 is 0 Å². The largest absolute Gasteiger partial charge is 0.0617 e. The molecule has 0 heteroatoms. The van der Waals surface area contributed by atoms with Crippen LogP contribution in [-0.2, 0) is 6.42 Å². The van der Waals surface area contributed by atoms with E-state index in [0.29, 0.717) is 5.92 Å². The first kappa shape index (κ1) is 15.8. The molecule has 0 spiro atoms. The van der Waals surface area contributed by atoms with E-state index in [1.165, 1.54) is 38.9 Å². The fourth-order valence-corrected chi connectivity index (χ4v) is 3.57. The van der Waals surface area contributed by atoms with Gasteiger partial charge in [-0.2, -0.15) is 0 Å². The van der Waals surface area contributed by atoms with E-state index >= 15 is 0 Å². The minimum atomic E-state index is 0.559. The van der Waals surface area contributed by atoms with Crippen molar-refractivity contribution >= 4 is 0 Å². The molecule has 2 rings (SSSR count). The van der Waals surface area contributed by atoms with Crippen molar-refractivity contribution < 1.29 is 0 Å². The Balaban J connectivity index is 2.44. The molecule has 0 bridgehead atoms. The minimum absolute atomic E-state index is 0.559. The van der Waals surface area contributed by atoms with Crippen molar-refractivity contribution in [3.05, 3.63) is 68.8 Å². The highest BCUT2D eigenvalue weighted by Crippen LogP contribution is 2.32. The van der Waals surface area contributed by atoms with Crippen molar-refractivity contribution in [1.82, 2.24) is 0 Å². The highest BCUT2D eigenvalue weighted by molar-refractivity contribution is 5.47. The Morgan fingerprint density at radius 2 is 1.24 bits per heavy atom. The molecule has 0 fully saturated rings. The fraction of sp³-hybridized carbons (Fsp3) is 0.429. The van der Waals surface area contributed by atoms with Crippen LogP contribution in [0.15, 0.2) is 24.3 Å². The monoisotopic (exact) mass is 280 g/mol. The average molecular weight is 280 g/mol. The average Bonchev–Trinajstić information content (AvgIpc) is 2.41. The normalized spacial score (nSPS) is 12.5. The van der Waals surface area contributed by atoms with Gasteiger partial charge in [0.2, 0.25) is 0 Å². The third-order valence-electron chi connectivity index (χ3n) is 5.07. The third kappa shape index (κ3) is 3.05. The maximum absolute atomic E-state index is 2.38. The predicted octanol–water partition coefficient (Wildman–Crippen LogP) is 5.88. The molecule has 0 aliphatic heterocycles. The van der Waals surface area contributed by atoms with Crippen LogP contribution in [0.5, 0.6) is 0 Å². The van der Waals surface area contributed by atoms with Gasteiger partial charge >= 0.3 is 0 Å². The molecule has 112 valence electrons. The van der Waals surface area contributed by atoms with Crippen molar-refractivity contribution in [2.45, 2.75) is 60.8 Å². The molecule has 0 aliphatic carbocycles. The zero-order valence-corrected chi connectivity index (χ0v) is 14.6. The maximum Gasteiger partial charge on any atom is -0.0144 e. The van der Waals surface area contributed by atoms with Crippen molar-refractivity contribution in [3.8, 4) is 0 Å². The summed E-state index contributed by atoms with van der Waals surface area (Å²) in [5.74, 6) is 0.559. The molecule has 0 aliphatic rings. The molecule has 0 amide bonds. The van der Waals surface area contributed by atoms with E-state index in [1.807, 2.05) is 0 Å². The van der Waals surface area contributed by atoms with Crippen LogP contribution >= 0.6 is 0 Å². The summed E-state index contributed by atoms with van der Waals surface area (Å²) in [4.78, 5) is 0. The standard InChI is InChI=1S/C21H28/c1-13-9-8-10-14(2)20(13)12-17(5)21-18(6)15(3)11-16(4)19(21)7/h8-11,17H,12H2,1-7H3. The Hall–Kier alpha value is -1.56. The highest BCUT2D eigenvalue weighted by Gasteiger charge is 2.16. The maximum atomic E-state index is 2.38. The summed E-state index contributed by atoms with van der Waals surface area (Å²) in [6.45, 7) is 15.9. The lowest BCUT2D eigenvalue weighted by atomic mass is 9.82. The Labute approximate surface area is 130 Å². The molecule has 21 heavy (non-hydrogen) atoms. The molecule has 0 N–H and O–H groups in total. The van der Waals surface area contributed by atoms with Crippen LogP contribution in [0.3, 0.4) is 0 Å². The first-order valence-corrected chi connectivity index (χ1v) is 7.95. The summed E-state index contributed by atoms with van der Waals surface area (Å²) >= 11 is 0. The third-order valence-corrected chi connectivity index (χ3v) is 5.07. The molecule has 2 aromatic rings. The summed E-state index contributed by atoms with van der Waals surface area (Å²) in [5, 5.41) is 0. The summed E-state index contributed by atoms with van der Waals surface area (Å²) in [6, 6.07) is 8.94. The molecule has 0 heterocycles. The van der Waals surface area contributed by atoms with Gasteiger partial charge in [0.1, 0.15) is 0 Å². The van der Waals surface area contributed by atoms with Crippen LogP contribution in [0.1, 0.15) is 57.3 Å². The molecule has 0 nitrogen and oxygen atoms in total. The highest BCUT2D eigenvalue weighted by atomic mass is 14.2. The van der Waals surface area contributed by atoms with E-state index in [-0.39, 0.29) is 0 Å². The Kier molecular flexibility index (Phi) is 4.56. The van der Waals surface area contributed by atoms with E-state index in [2.05, 4.69) is 72.7 Å². The predicted molar refractivity (Wildman–Crippen MR) is 93.4 cm³/mol. The lowest BCUT2D eigenvalue weighted by Crippen LogP contribution is -2.08. The molecular weight excluding hydrogens is 252 g/mol. The zero-order chi connectivity index (χ0) is 15.7.